The van der Waals surface area contributed by atoms with Crippen LogP contribution < -0.4 is 10.2 Å². The van der Waals surface area contributed by atoms with E-state index < -0.39 is 0 Å². The molecule has 4 nitrogen and oxygen atoms in total. The summed E-state index contributed by atoms with van der Waals surface area (Å²) in [6.07, 6.45) is 5.78. The molecule has 2 aliphatic rings. The van der Waals surface area contributed by atoms with E-state index >= 15 is 0 Å². The summed E-state index contributed by atoms with van der Waals surface area (Å²) < 4.78 is 0. The zero-order chi connectivity index (χ0) is 10.3. The summed E-state index contributed by atoms with van der Waals surface area (Å²) in [7, 11) is 0. The molecule has 2 aliphatic heterocycles. The van der Waals surface area contributed by atoms with Gasteiger partial charge in [-0.15, -0.1) is 0 Å². The second-order valence-electron chi connectivity index (χ2n) is 3.71. The van der Waals surface area contributed by atoms with Gasteiger partial charge in [-0.1, -0.05) is 6.08 Å². The lowest BCUT2D eigenvalue weighted by molar-refractivity contribution is -0.113. The lowest BCUT2D eigenvalue weighted by atomic mass is 10.1. The van der Waals surface area contributed by atoms with Gasteiger partial charge in [-0.25, -0.2) is 4.98 Å². The van der Waals surface area contributed by atoms with Crippen molar-refractivity contribution in [2.24, 2.45) is 0 Å². The molecular formula is C11H11N3O. The number of hydrogen-bond donors (Lipinski definition) is 1. The molecule has 1 aromatic heterocycles. The van der Waals surface area contributed by atoms with Gasteiger partial charge in [0.1, 0.15) is 5.70 Å². The highest BCUT2D eigenvalue weighted by Gasteiger charge is 2.29. The van der Waals surface area contributed by atoms with Gasteiger partial charge in [-0.3, -0.25) is 4.79 Å². The van der Waals surface area contributed by atoms with Crippen molar-refractivity contribution in [3.63, 3.8) is 0 Å². The van der Waals surface area contributed by atoms with Crippen LogP contribution in [0.2, 0.25) is 0 Å². The Kier molecular flexibility index (Phi) is 1.74. The molecule has 15 heavy (non-hydrogen) atoms. The monoisotopic (exact) mass is 201 g/mol. The molecule has 0 unspecified atom stereocenters. The van der Waals surface area contributed by atoms with Crippen molar-refractivity contribution in [1.82, 2.24) is 4.98 Å². The first kappa shape index (κ1) is 8.47. The van der Waals surface area contributed by atoms with Crippen LogP contribution in [0.15, 0.2) is 30.1 Å². The average Bonchev–Trinajstić information content (AvgIpc) is 2.30. The molecule has 0 bridgehead atoms. The summed E-state index contributed by atoms with van der Waals surface area (Å²) >= 11 is 0. The van der Waals surface area contributed by atoms with Gasteiger partial charge in [-0.05, 0) is 25.0 Å². The van der Waals surface area contributed by atoms with E-state index in [0.717, 1.165) is 36.6 Å². The van der Waals surface area contributed by atoms with Crippen LogP contribution in [0.25, 0.3) is 0 Å². The third kappa shape index (κ3) is 1.21. The van der Waals surface area contributed by atoms with Crippen molar-refractivity contribution in [3.05, 3.63) is 30.1 Å². The van der Waals surface area contributed by atoms with Crippen LogP contribution in [0.5, 0.6) is 0 Å². The van der Waals surface area contributed by atoms with Crippen LogP contribution >= 0.6 is 0 Å². The zero-order valence-corrected chi connectivity index (χ0v) is 8.23. The Hall–Kier alpha value is -1.84. The number of rotatable bonds is 0. The van der Waals surface area contributed by atoms with Crippen molar-refractivity contribution in [2.45, 2.75) is 12.8 Å². The second-order valence-corrected chi connectivity index (χ2v) is 3.71. The summed E-state index contributed by atoms with van der Waals surface area (Å²) in [4.78, 5) is 18.0. The first-order valence-electron chi connectivity index (χ1n) is 5.10. The largest absolute Gasteiger partial charge is 0.320 e. The number of hydrogen-bond acceptors (Lipinski definition) is 3. The fraction of sp³-hybridized carbons (Fsp3) is 0.273. The highest BCUT2D eigenvalue weighted by molar-refractivity contribution is 6.11. The number of carbonyl (C=O) groups excluding carboxylic acids is 1. The van der Waals surface area contributed by atoms with E-state index in [2.05, 4.69) is 10.3 Å². The van der Waals surface area contributed by atoms with Gasteiger partial charge < -0.3 is 10.2 Å². The van der Waals surface area contributed by atoms with Crippen LogP contribution in [-0.4, -0.2) is 17.4 Å². The third-order valence-electron chi connectivity index (χ3n) is 2.74. The van der Waals surface area contributed by atoms with Gasteiger partial charge >= 0.3 is 0 Å². The van der Waals surface area contributed by atoms with Crippen LogP contribution in [0.1, 0.15) is 12.8 Å². The quantitative estimate of drug-likeness (QED) is 0.692. The molecule has 4 heteroatoms. The standard InChI is InChI=1S/C11H11N3O/c15-11-9-5-1-2-7-14(9)10-8(13-11)4-3-6-12-10/h3-6H,1-2,7H2,(H,13,15). The number of carbonyl (C=O) groups is 1. The summed E-state index contributed by atoms with van der Waals surface area (Å²) in [6.45, 7) is 0.878. The number of nitrogens with zero attached hydrogens (tertiary/aromatic N) is 2. The van der Waals surface area contributed by atoms with E-state index in [1.807, 2.05) is 23.1 Å². The average molecular weight is 201 g/mol. The van der Waals surface area contributed by atoms with Crippen molar-refractivity contribution in [1.29, 1.82) is 0 Å². The predicted molar refractivity (Wildman–Crippen MR) is 57.5 cm³/mol. The molecule has 0 aliphatic carbocycles. The number of nitrogens with one attached hydrogen (secondary N) is 1. The van der Waals surface area contributed by atoms with Crippen molar-refractivity contribution in [2.75, 3.05) is 16.8 Å². The van der Waals surface area contributed by atoms with Gasteiger partial charge in [0.25, 0.3) is 5.91 Å². The highest BCUT2D eigenvalue weighted by Crippen LogP contribution is 2.33. The first-order valence-corrected chi connectivity index (χ1v) is 5.10. The molecular weight excluding hydrogens is 190 g/mol. The number of pyridine rings is 1. The van der Waals surface area contributed by atoms with Crippen molar-refractivity contribution < 1.29 is 4.79 Å². The van der Waals surface area contributed by atoms with Gasteiger partial charge in [0.15, 0.2) is 5.82 Å². The van der Waals surface area contributed by atoms with Crippen molar-refractivity contribution >= 4 is 17.4 Å². The fourth-order valence-corrected chi connectivity index (χ4v) is 2.05. The van der Waals surface area contributed by atoms with Gasteiger partial charge in [-0.2, -0.15) is 0 Å². The smallest absolute Gasteiger partial charge is 0.272 e. The molecule has 0 saturated heterocycles. The molecule has 0 atom stereocenters. The lowest BCUT2D eigenvalue weighted by Gasteiger charge is -2.33. The Morgan fingerprint density at radius 1 is 1.47 bits per heavy atom. The minimum Gasteiger partial charge on any atom is -0.320 e. The Morgan fingerprint density at radius 3 is 3.33 bits per heavy atom. The topological polar surface area (TPSA) is 45.2 Å². The van der Waals surface area contributed by atoms with E-state index in [1.54, 1.807) is 6.20 Å². The molecule has 0 saturated carbocycles. The molecule has 76 valence electrons. The fourth-order valence-electron chi connectivity index (χ4n) is 2.05. The third-order valence-corrected chi connectivity index (χ3v) is 2.74. The lowest BCUT2D eigenvalue weighted by Crippen LogP contribution is -2.38. The maximum absolute atomic E-state index is 11.7. The maximum atomic E-state index is 11.7. The molecule has 3 heterocycles. The molecule has 0 radical (unpaired) electrons. The first-order chi connectivity index (χ1) is 7.36. The molecule has 1 amide bonds. The van der Waals surface area contributed by atoms with Crippen molar-refractivity contribution in [3.8, 4) is 0 Å². The van der Waals surface area contributed by atoms with Crippen LogP contribution in [0, 0.1) is 0 Å². The molecule has 3 rings (SSSR count). The van der Waals surface area contributed by atoms with Crippen LogP contribution in [0.4, 0.5) is 11.5 Å². The van der Waals surface area contributed by atoms with E-state index in [0.29, 0.717) is 0 Å². The van der Waals surface area contributed by atoms with Gasteiger partial charge in [0.05, 0.1) is 5.69 Å². The normalized spacial score (nSPS) is 18.8. The Bertz CT molecular complexity index is 453. The zero-order valence-electron chi connectivity index (χ0n) is 8.23. The molecule has 0 aromatic carbocycles. The van der Waals surface area contributed by atoms with E-state index in [4.69, 9.17) is 0 Å². The Balaban J connectivity index is 2.15. The number of fused-ring (bicyclic) bond motifs is 3. The number of anilines is 2. The second kappa shape index (κ2) is 3.08. The van der Waals surface area contributed by atoms with Gasteiger partial charge in [0, 0.05) is 12.7 Å². The van der Waals surface area contributed by atoms with E-state index in [1.165, 1.54) is 0 Å². The van der Waals surface area contributed by atoms with E-state index in [-0.39, 0.29) is 5.91 Å². The minimum absolute atomic E-state index is 0.0183. The van der Waals surface area contributed by atoms with Gasteiger partial charge in [0.2, 0.25) is 0 Å². The SMILES string of the molecule is O=C1Nc2cccnc2N2CCCC=C12. The molecule has 1 N–H and O–H groups in total. The van der Waals surface area contributed by atoms with Crippen LogP contribution in [0.3, 0.4) is 0 Å². The number of aromatic nitrogens is 1. The summed E-state index contributed by atoms with van der Waals surface area (Å²) in [5.74, 6) is 0.846. The maximum Gasteiger partial charge on any atom is 0.272 e. The number of amides is 1. The summed E-state index contributed by atoms with van der Waals surface area (Å²) in [6, 6.07) is 3.71. The highest BCUT2D eigenvalue weighted by atomic mass is 16.2. The Morgan fingerprint density at radius 2 is 2.40 bits per heavy atom. The van der Waals surface area contributed by atoms with E-state index in [9.17, 15) is 4.79 Å². The minimum atomic E-state index is -0.0183. The summed E-state index contributed by atoms with van der Waals surface area (Å²) in [5, 5.41) is 2.85. The van der Waals surface area contributed by atoms with Crippen LogP contribution in [-0.2, 0) is 4.79 Å². The predicted octanol–water partition coefficient (Wildman–Crippen LogP) is 1.52. The number of allylic oxidation sites excluding steroid dienone is 1. The summed E-state index contributed by atoms with van der Waals surface area (Å²) in [5.41, 5.74) is 1.55. The molecule has 0 spiro atoms. The Labute approximate surface area is 87.6 Å². The molecule has 0 fully saturated rings. The molecule has 1 aromatic rings.